The number of rotatable bonds is 6. The summed E-state index contributed by atoms with van der Waals surface area (Å²) in [4.78, 5) is 25.5. The number of ether oxygens (including phenoxy) is 1. The molecule has 1 atom stereocenters. The van der Waals surface area contributed by atoms with Gasteiger partial charge in [0.15, 0.2) is 0 Å². The molecule has 0 radical (unpaired) electrons. The lowest BCUT2D eigenvalue weighted by Crippen LogP contribution is -2.43. The fourth-order valence-electron chi connectivity index (χ4n) is 1.52. The maximum Gasteiger partial charge on any atom is 0.328 e. The van der Waals surface area contributed by atoms with E-state index >= 15 is 0 Å². The molecule has 0 unspecified atom stereocenters. The number of carbonyl (C=O) groups is 2. The third-order valence-electron chi connectivity index (χ3n) is 2.38. The van der Waals surface area contributed by atoms with Gasteiger partial charge in [-0.3, -0.25) is 4.79 Å². The summed E-state index contributed by atoms with van der Waals surface area (Å²) in [6, 6.07) is 8.42. The highest BCUT2D eigenvalue weighted by atomic mass is 16.5. The maximum absolute atomic E-state index is 11.6. The lowest BCUT2D eigenvalue weighted by Gasteiger charge is -2.15. The van der Waals surface area contributed by atoms with E-state index in [1.165, 1.54) is 7.11 Å². The second-order valence-electron chi connectivity index (χ2n) is 3.72. The van der Waals surface area contributed by atoms with Crippen LogP contribution >= 0.6 is 0 Å². The van der Waals surface area contributed by atoms with E-state index in [2.05, 4.69) is 20.1 Å². The molecule has 0 aliphatic carbocycles. The summed E-state index contributed by atoms with van der Waals surface area (Å²) in [5.74, 6) is -1.07. The Morgan fingerprint density at radius 3 is 2.68 bits per heavy atom. The number of hydrogen-bond donors (Lipinski definition) is 1. The molecule has 0 heterocycles. The van der Waals surface area contributed by atoms with Gasteiger partial charge in [0, 0.05) is 11.3 Å². The molecule has 100 valence electrons. The third-order valence-corrected chi connectivity index (χ3v) is 2.38. The Balaban J connectivity index is 2.70. The van der Waals surface area contributed by atoms with Crippen LogP contribution in [0.15, 0.2) is 35.4 Å². The minimum absolute atomic E-state index is 0.315. The zero-order valence-electron chi connectivity index (χ0n) is 10.4. The number of nitrogens with zero attached hydrogens (tertiary/aromatic N) is 3. The monoisotopic (exact) mass is 262 g/mol. The summed E-state index contributed by atoms with van der Waals surface area (Å²) in [6.45, 7) is -0.348. The molecule has 0 aliphatic rings. The Hall–Kier alpha value is -2.53. The highest BCUT2D eigenvalue weighted by Gasteiger charge is 2.21. The molecule has 0 aromatic heterocycles. The summed E-state index contributed by atoms with van der Waals surface area (Å²) >= 11 is 0. The van der Waals surface area contributed by atoms with Crippen molar-refractivity contribution in [3.05, 3.63) is 46.3 Å². The van der Waals surface area contributed by atoms with Crippen LogP contribution in [0.3, 0.4) is 0 Å². The van der Waals surface area contributed by atoms with E-state index in [4.69, 9.17) is 5.53 Å². The summed E-state index contributed by atoms with van der Waals surface area (Å²) in [5.41, 5.74) is 9.02. The van der Waals surface area contributed by atoms with Crippen LogP contribution in [0, 0.1) is 0 Å². The van der Waals surface area contributed by atoms with Crippen molar-refractivity contribution in [1.29, 1.82) is 0 Å². The van der Waals surface area contributed by atoms with E-state index in [1.807, 2.05) is 30.3 Å². The Morgan fingerprint density at radius 1 is 1.42 bits per heavy atom. The van der Waals surface area contributed by atoms with Gasteiger partial charge in [-0.05, 0) is 11.1 Å². The molecule has 7 heteroatoms. The van der Waals surface area contributed by atoms with E-state index in [-0.39, 0.29) is 6.54 Å². The molecule has 7 nitrogen and oxygen atoms in total. The molecule has 0 fully saturated rings. The number of nitrogens with one attached hydrogen (secondary N) is 1. The normalized spacial score (nSPS) is 11.0. The average molecular weight is 262 g/mol. The number of benzene rings is 1. The Labute approximate surface area is 110 Å². The first-order chi connectivity index (χ1) is 9.17. The SMILES string of the molecule is COC(=O)[C@@H](Cc1ccccc1)NC(=O)CN=[N+]=[N-]. The van der Waals surface area contributed by atoms with Crippen LogP contribution in [0.2, 0.25) is 0 Å². The molecule has 1 N–H and O–H groups in total. The highest BCUT2D eigenvalue weighted by Crippen LogP contribution is 2.04. The van der Waals surface area contributed by atoms with Crippen molar-refractivity contribution >= 4 is 11.9 Å². The van der Waals surface area contributed by atoms with Gasteiger partial charge >= 0.3 is 5.97 Å². The smallest absolute Gasteiger partial charge is 0.328 e. The van der Waals surface area contributed by atoms with Crippen LogP contribution in [0.5, 0.6) is 0 Å². The van der Waals surface area contributed by atoms with E-state index in [9.17, 15) is 9.59 Å². The number of esters is 1. The van der Waals surface area contributed by atoms with Crippen LogP contribution < -0.4 is 5.32 Å². The van der Waals surface area contributed by atoms with Crippen molar-refractivity contribution in [2.45, 2.75) is 12.5 Å². The van der Waals surface area contributed by atoms with E-state index in [0.717, 1.165) is 5.56 Å². The predicted octanol–water partition coefficient (Wildman–Crippen LogP) is 1.20. The van der Waals surface area contributed by atoms with E-state index < -0.39 is 17.9 Å². The van der Waals surface area contributed by atoms with Gasteiger partial charge in [0.05, 0.1) is 7.11 Å². The summed E-state index contributed by atoms with van der Waals surface area (Å²) in [5, 5.41) is 5.61. The quantitative estimate of drug-likeness (QED) is 0.360. The molecule has 0 aliphatic heterocycles. The van der Waals surface area contributed by atoms with Gasteiger partial charge in [0.1, 0.15) is 12.6 Å². The summed E-state index contributed by atoms with van der Waals surface area (Å²) in [7, 11) is 1.25. The van der Waals surface area contributed by atoms with Crippen molar-refractivity contribution in [2.75, 3.05) is 13.7 Å². The first-order valence-corrected chi connectivity index (χ1v) is 5.59. The maximum atomic E-state index is 11.6. The first-order valence-electron chi connectivity index (χ1n) is 5.59. The topological polar surface area (TPSA) is 104 Å². The summed E-state index contributed by atoms with van der Waals surface area (Å²) < 4.78 is 4.63. The molecule has 0 saturated heterocycles. The average Bonchev–Trinajstić information content (AvgIpc) is 2.44. The van der Waals surface area contributed by atoms with Gasteiger partial charge in [-0.1, -0.05) is 35.4 Å². The molecule has 1 amide bonds. The molecule has 0 spiro atoms. The Bertz CT molecular complexity index is 483. The first kappa shape index (κ1) is 14.5. The molecule has 1 aromatic rings. The number of methoxy groups -OCH3 is 1. The molecule has 19 heavy (non-hydrogen) atoms. The number of carbonyl (C=O) groups excluding carboxylic acids is 2. The van der Waals surface area contributed by atoms with Crippen LogP contribution in [-0.4, -0.2) is 31.6 Å². The predicted molar refractivity (Wildman–Crippen MR) is 68.1 cm³/mol. The van der Waals surface area contributed by atoms with Crippen LogP contribution in [0.4, 0.5) is 0 Å². The standard InChI is InChI=1S/C12H14N4O3/c1-19-12(18)10(15-11(17)8-14-16-13)7-9-5-3-2-4-6-9/h2-6,10H,7-8H2,1H3,(H,15,17)/t10-/m1/s1. The van der Waals surface area contributed by atoms with Crippen molar-refractivity contribution in [3.8, 4) is 0 Å². The zero-order valence-corrected chi connectivity index (χ0v) is 10.4. The zero-order chi connectivity index (χ0) is 14.1. The van der Waals surface area contributed by atoms with Gasteiger partial charge in [0.25, 0.3) is 0 Å². The Morgan fingerprint density at radius 2 is 2.11 bits per heavy atom. The lowest BCUT2D eigenvalue weighted by molar-refractivity contribution is -0.144. The third kappa shape index (κ3) is 5.10. The number of amides is 1. The van der Waals surface area contributed by atoms with Gasteiger partial charge in [0.2, 0.25) is 5.91 Å². The minimum Gasteiger partial charge on any atom is -0.467 e. The second-order valence-corrected chi connectivity index (χ2v) is 3.72. The van der Waals surface area contributed by atoms with Gasteiger partial charge < -0.3 is 10.1 Å². The molecule has 1 aromatic carbocycles. The second kappa shape index (κ2) is 7.73. The van der Waals surface area contributed by atoms with Crippen LogP contribution in [0.25, 0.3) is 10.4 Å². The van der Waals surface area contributed by atoms with Gasteiger partial charge in [-0.25, -0.2) is 4.79 Å². The van der Waals surface area contributed by atoms with E-state index in [1.54, 1.807) is 0 Å². The molecular formula is C12H14N4O3. The molecular weight excluding hydrogens is 248 g/mol. The van der Waals surface area contributed by atoms with Gasteiger partial charge in [-0.2, -0.15) is 0 Å². The van der Waals surface area contributed by atoms with Crippen LogP contribution in [0.1, 0.15) is 5.56 Å². The van der Waals surface area contributed by atoms with Crippen molar-refractivity contribution < 1.29 is 14.3 Å². The Kier molecular flexibility index (Phi) is 5.91. The fourth-order valence-corrected chi connectivity index (χ4v) is 1.52. The number of azide groups is 1. The largest absolute Gasteiger partial charge is 0.467 e. The molecule has 1 rings (SSSR count). The van der Waals surface area contributed by atoms with E-state index in [0.29, 0.717) is 6.42 Å². The lowest BCUT2D eigenvalue weighted by atomic mass is 10.1. The van der Waals surface area contributed by atoms with Crippen LogP contribution in [-0.2, 0) is 20.7 Å². The molecule has 0 saturated carbocycles. The van der Waals surface area contributed by atoms with Crippen molar-refractivity contribution in [3.63, 3.8) is 0 Å². The highest BCUT2D eigenvalue weighted by molar-refractivity contribution is 5.85. The summed E-state index contributed by atoms with van der Waals surface area (Å²) in [6.07, 6.45) is 0.315. The van der Waals surface area contributed by atoms with Crippen molar-refractivity contribution in [1.82, 2.24) is 5.32 Å². The number of hydrogen-bond acceptors (Lipinski definition) is 4. The molecule has 0 bridgehead atoms. The fraction of sp³-hybridized carbons (Fsp3) is 0.333. The van der Waals surface area contributed by atoms with Gasteiger partial charge in [-0.15, -0.1) is 0 Å². The van der Waals surface area contributed by atoms with Crippen molar-refractivity contribution in [2.24, 2.45) is 5.11 Å². The minimum atomic E-state index is -0.797.